The molecular weight excluding hydrogens is 344 g/mol. The molecule has 0 aromatic carbocycles. The van der Waals surface area contributed by atoms with E-state index in [0.29, 0.717) is 36.6 Å². The van der Waals surface area contributed by atoms with Gasteiger partial charge in [-0.2, -0.15) is 5.10 Å². The van der Waals surface area contributed by atoms with Gasteiger partial charge in [0.15, 0.2) is 0 Å². The predicted octanol–water partition coefficient (Wildman–Crippen LogP) is 1.36. The second-order valence-electron chi connectivity index (χ2n) is 6.79. The van der Waals surface area contributed by atoms with E-state index in [1.807, 2.05) is 26.0 Å². The Bertz CT molecular complexity index is 814. The number of piperazine rings is 1. The molecule has 0 aliphatic carbocycles. The van der Waals surface area contributed by atoms with E-state index in [4.69, 9.17) is 0 Å². The molecule has 0 unspecified atom stereocenters. The summed E-state index contributed by atoms with van der Waals surface area (Å²) in [6.07, 6.45) is 4.34. The number of amides is 2. The molecule has 27 heavy (non-hydrogen) atoms. The summed E-state index contributed by atoms with van der Waals surface area (Å²) in [6, 6.07) is 3.06. The third kappa shape index (κ3) is 4.33. The normalized spacial score (nSPS) is 17.0. The molecule has 3 rings (SSSR count). The zero-order valence-electron chi connectivity index (χ0n) is 16.0. The van der Waals surface area contributed by atoms with Crippen molar-refractivity contribution in [3.8, 4) is 0 Å². The van der Waals surface area contributed by atoms with Gasteiger partial charge >= 0.3 is 0 Å². The standard InChI is InChI=1S/C19H26N6O2/c1-4-8-24-12-16(14(3)23-24)19(27)25-9-7-20-11-17(25)18(26)22-15-6-5-13(2)21-10-15/h5-6,10,12,17,20H,4,7-9,11H2,1-3H3,(H,22,26)/t17-/m0/s1. The molecule has 8 nitrogen and oxygen atoms in total. The molecule has 8 heteroatoms. The topological polar surface area (TPSA) is 92.2 Å². The SMILES string of the molecule is CCCn1cc(C(=O)N2CCNC[C@H]2C(=O)Nc2ccc(C)nc2)c(C)n1. The van der Waals surface area contributed by atoms with Crippen LogP contribution in [-0.2, 0) is 11.3 Å². The molecule has 2 N–H and O–H groups in total. The lowest BCUT2D eigenvalue weighted by atomic mass is 10.1. The van der Waals surface area contributed by atoms with E-state index in [2.05, 4.69) is 27.6 Å². The Balaban J connectivity index is 1.77. The fraction of sp³-hybridized carbons (Fsp3) is 0.474. The van der Waals surface area contributed by atoms with Crippen LogP contribution in [0.2, 0.25) is 0 Å². The number of aromatic nitrogens is 3. The summed E-state index contributed by atoms with van der Waals surface area (Å²) in [5.41, 5.74) is 2.74. The minimum atomic E-state index is -0.582. The Morgan fingerprint density at radius 1 is 1.33 bits per heavy atom. The first-order chi connectivity index (χ1) is 13.0. The van der Waals surface area contributed by atoms with Crippen molar-refractivity contribution in [2.45, 2.75) is 39.8 Å². The van der Waals surface area contributed by atoms with Gasteiger partial charge in [0.2, 0.25) is 5.91 Å². The van der Waals surface area contributed by atoms with E-state index in [1.165, 1.54) is 0 Å². The van der Waals surface area contributed by atoms with Gasteiger partial charge in [-0.25, -0.2) is 0 Å². The van der Waals surface area contributed by atoms with Gasteiger partial charge in [-0.05, 0) is 32.4 Å². The molecule has 1 aliphatic rings. The van der Waals surface area contributed by atoms with E-state index < -0.39 is 6.04 Å². The smallest absolute Gasteiger partial charge is 0.258 e. The molecule has 2 aromatic rings. The Morgan fingerprint density at radius 3 is 2.85 bits per heavy atom. The first-order valence-electron chi connectivity index (χ1n) is 9.29. The second kappa shape index (κ2) is 8.30. The van der Waals surface area contributed by atoms with Crippen LogP contribution in [0.1, 0.15) is 35.1 Å². The van der Waals surface area contributed by atoms with Crippen molar-refractivity contribution < 1.29 is 9.59 Å². The third-order valence-electron chi connectivity index (χ3n) is 4.62. The Hall–Kier alpha value is -2.74. The highest BCUT2D eigenvalue weighted by Crippen LogP contribution is 2.16. The van der Waals surface area contributed by atoms with E-state index in [9.17, 15) is 9.59 Å². The summed E-state index contributed by atoms with van der Waals surface area (Å²) in [4.78, 5) is 31.7. The fourth-order valence-electron chi connectivity index (χ4n) is 3.18. The number of nitrogens with one attached hydrogen (secondary N) is 2. The molecule has 0 bridgehead atoms. The maximum atomic E-state index is 13.1. The summed E-state index contributed by atoms with van der Waals surface area (Å²) in [6.45, 7) is 8.09. The lowest BCUT2D eigenvalue weighted by molar-refractivity contribution is -0.121. The number of hydrogen-bond acceptors (Lipinski definition) is 5. The molecule has 2 amide bonds. The molecule has 1 aliphatic heterocycles. The molecule has 3 heterocycles. The first-order valence-corrected chi connectivity index (χ1v) is 9.29. The van der Waals surface area contributed by atoms with Crippen LogP contribution in [0.15, 0.2) is 24.5 Å². The van der Waals surface area contributed by atoms with Crippen molar-refractivity contribution in [1.29, 1.82) is 0 Å². The van der Waals surface area contributed by atoms with Crippen LogP contribution in [0.4, 0.5) is 5.69 Å². The van der Waals surface area contributed by atoms with Crippen LogP contribution >= 0.6 is 0 Å². The molecule has 1 saturated heterocycles. The minimum Gasteiger partial charge on any atom is -0.324 e. The highest BCUT2D eigenvalue weighted by Gasteiger charge is 2.34. The van der Waals surface area contributed by atoms with Crippen molar-refractivity contribution in [1.82, 2.24) is 25.0 Å². The number of carbonyl (C=O) groups is 2. The van der Waals surface area contributed by atoms with E-state index in [-0.39, 0.29) is 11.8 Å². The predicted molar refractivity (Wildman–Crippen MR) is 103 cm³/mol. The number of hydrogen-bond donors (Lipinski definition) is 2. The summed E-state index contributed by atoms with van der Waals surface area (Å²) >= 11 is 0. The third-order valence-corrected chi connectivity index (χ3v) is 4.62. The molecule has 1 fully saturated rings. The van der Waals surface area contributed by atoms with Crippen molar-refractivity contribution in [3.05, 3.63) is 41.5 Å². The Morgan fingerprint density at radius 2 is 2.15 bits per heavy atom. The number of nitrogens with zero attached hydrogens (tertiary/aromatic N) is 4. The van der Waals surface area contributed by atoms with Crippen LogP contribution < -0.4 is 10.6 Å². The van der Waals surface area contributed by atoms with Crippen LogP contribution in [0.5, 0.6) is 0 Å². The average molecular weight is 370 g/mol. The van der Waals surface area contributed by atoms with Crippen LogP contribution in [0, 0.1) is 13.8 Å². The number of aryl methyl sites for hydroxylation is 3. The van der Waals surface area contributed by atoms with Gasteiger partial charge in [0.1, 0.15) is 6.04 Å². The molecule has 2 aromatic heterocycles. The van der Waals surface area contributed by atoms with Gasteiger partial charge in [0.25, 0.3) is 5.91 Å². The van der Waals surface area contributed by atoms with Crippen LogP contribution in [0.3, 0.4) is 0 Å². The first kappa shape index (κ1) is 19.0. The maximum absolute atomic E-state index is 13.1. The van der Waals surface area contributed by atoms with Crippen LogP contribution in [0.25, 0.3) is 0 Å². The van der Waals surface area contributed by atoms with E-state index >= 15 is 0 Å². The van der Waals surface area contributed by atoms with Gasteiger partial charge in [-0.1, -0.05) is 6.92 Å². The van der Waals surface area contributed by atoms with Crippen molar-refractivity contribution in [3.63, 3.8) is 0 Å². The van der Waals surface area contributed by atoms with Gasteiger partial charge < -0.3 is 15.5 Å². The number of rotatable bonds is 5. The number of carbonyl (C=O) groups excluding carboxylic acids is 2. The van der Waals surface area contributed by atoms with E-state index in [1.54, 1.807) is 22.0 Å². The van der Waals surface area contributed by atoms with Crippen molar-refractivity contribution in [2.24, 2.45) is 0 Å². The molecule has 0 spiro atoms. The molecule has 1 atom stereocenters. The lowest BCUT2D eigenvalue weighted by Gasteiger charge is -2.35. The second-order valence-corrected chi connectivity index (χ2v) is 6.79. The summed E-state index contributed by atoms with van der Waals surface area (Å²) in [5.74, 6) is -0.377. The fourth-order valence-corrected chi connectivity index (χ4v) is 3.18. The summed E-state index contributed by atoms with van der Waals surface area (Å²) < 4.78 is 1.79. The largest absolute Gasteiger partial charge is 0.324 e. The summed E-state index contributed by atoms with van der Waals surface area (Å²) in [7, 11) is 0. The average Bonchev–Trinajstić information content (AvgIpc) is 3.03. The Labute approximate surface area is 159 Å². The molecule has 0 saturated carbocycles. The number of pyridine rings is 1. The van der Waals surface area contributed by atoms with Gasteiger partial charge in [-0.3, -0.25) is 19.3 Å². The monoisotopic (exact) mass is 370 g/mol. The quantitative estimate of drug-likeness (QED) is 0.829. The van der Waals surface area contributed by atoms with E-state index in [0.717, 1.165) is 18.7 Å². The Kier molecular flexibility index (Phi) is 5.85. The summed E-state index contributed by atoms with van der Waals surface area (Å²) in [5, 5.41) is 10.5. The van der Waals surface area contributed by atoms with Gasteiger partial charge in [0.05, 0.1) is 23.1 Å². The zero-order valence-corrected chi connectivity index (χ0v) is 16.0. The van der Waals surface area contributed by atoms with Crippen molar-refractivity contribution in [2.75, 3.05) is 25.0 Å². The number of anilines is 1. The molecule has 144 valence electrons. The molecular formula is C19H26N6O2. The lowest BCUT2D eigenvalue weighted by Crippen LogP contribution is -2.58. The highest BCUT2D eigenvalue weighted by atomic mass is 16.2. The van der Waals surface area contributed by atoms with Crippen LogP contribution in [-0.4, -0.2) is 57.2 Å². The van der Waals surface area contributed by atoms with Crippen molar-refractivity contribution >= 4 is 17.5 Å². The minimum absolute atomic E-state index is 0.154. The highest BCUT2D eigenvalue weighted by molar-refractivity contribution is 6.01. The zero-order chi connectivity index (χ0) is 19.4. The van der Waals surface area contributed by atoms with Gasteiger partial charge in [-0.15, -0.1) is 0 Å². The van der Waals surface area contributed by atoms with Gasteiger partial charge in [0, 0.05) is 38.1 Å². The maximum Gasteiger partial charge on any atom is 0.258 e. The molecule has 0 radical (unpaired) electrons.